The molecule has 1 rings (SSSR count). The largest absolute Gasteiger partial charge is 0.493 e. The van der Waals surface area contributed by atoms with Crippen LogP contribution < -0.4 is 14.8 Å². The second-order valence-electron chi connectivity index (χ2n) is 4.52. The topological polar surface area (TPSA) is 47.6 Å². The van der Waals surface area contributed by atoms with E-state index in [0.717, 1.165) is 18.5 Å². The lowest BCUT2D eigenvalue weighted by Gasteiger charge is -2.20. The van der Waals surface area contributed by atoms with Crippen LogP contribution in [0.25, 0.3) is 0 Å². The van der Waals surface area contributed by atoms with Crippen LogP contribution in [0.3, 0.4) is 0 Å². The van der Waals surface area contributed by atoms with E-state index in [4.69, 9.17) is 9.47 Å². The number of hydrogen-bond donors (Lipinski definition) is 1. The average Bonchev–Trinajstić information content (AvgIpc) is 2.50. The van der Waals surface area contributed by atoms with Gasteiger partial charge >= 0.3 is 0 Å². The van der Waals surface area contributed by atoms with Gasteiger partial charge in [0, 0.05) is 28.3 Å². The first kappa shape index (κ1) is 17.0. The molecule has 0 spiro atoms. The lowest BCUT2D eigenvalue weighted by Crippen LogP contribution is -2.27. The second-order valence-corrected chi connectivity index (χ2v) is 6.31. The molecule has 5 heteroatoms. The minimum atomic E-state index is -0.811. The molecular weight excluding hydrogens is 274 g/mol. The monoisotopic (exact) mass is 299 g/mol. The highest BCUT2D eigenvalue weighted by molar-refractivity contribution is 7.84. The third-order valence-corrected chi connectivity index (χ3v) is 4.47. The SMILES string of the molecule is CCCNC(CS(=O)CC)c1ccc(OC)c(OC)c1. The molecule has 0 saturated heterocycles. The van der Waals surface area contributed by atoms with Crippen LogP contribution in [0.4, 0.5) is 0 Å². The molecule has 0 amide bonds. The van der Waals surface area contributed by atoms with E-state index in [2.05, 4.69) is 12.2 Å². The molecule has 0 heterocycles. The molecule has 0 radical (unpaired) electrons. The van der Waals surface area contributed by atoms with E-state index in [1.54, 1.807) is 14.2 Å². The number of methoxy groups -OCH3 is 2. The van der Waals surface area contributed by atoms with E-state index in [1.807, 2.05) is 25.1 Å². The first-order valence-electron chi connectivity index (χ1n) is 6.96. The normalized spacial score (nSPS) is 13.8. The Morgan fingerprint density at radius 2 is 1.90 bits per heavy atom. The van der Waals surface area contributed by atoms with Crippen molar-refractivity contribution in [3.8, 4) is 11.5 Å². The van der Waals surface area contributed by atoms with Crippen molar-refractivity contribution in [1.82, 2.24) is 5.32 Å². The standard InChI is InChI=1S/C15H25NO3S/c1-5-9-16-13(11-20(17)6-2)12-7-8-14(18-3)15(10-12)19-4/h7-8,10,13,16H,5-6,9,11H2,1-4H3. The Bertz CT molecular complexity index is 437. The zero-order chi connectivity index (χ0) is 15.0. The fourth-order valence-electron chi connectivity index (χ4n) is 1.96. The Labute approximate surface area is 124 Å². The van der Waals surface area contributed by atoms with Crippen molar-refractivity contribution in [2.24, 2.45) is 0 Å². The van der Waals surface area contributed by atoms with Crippen LogP contribution in [-0.2, 0) is 10.8 Å². The van der Waals surface area contributed by atoms with Crippen LogP contribution in [-0.4, -0.2) is 36.5 Å². The molecule has 1 aromatic carbocycles. The summed E-state index contributed by atoms with van der Waals surface area (Å²) in [6, 6.07) is 5.93. The summed E-state index contributed by atoms with van der Waals surface area (Å²) >= 11 is 0. The number of nitrogens with one attached hydrogen (secondary N) is 1. The van der Waals surface area contributed by atoms with Crippen LogP contribution in [0.1, 0.15) is 31.9 Å². The molecule has 0 bridgehead atoms. The molecule has 0 saturated carbocycles. The molecule has 0 fully saturated rings. The second kappa shape index (κ2) is 8.97. The maximum atomic E-state index is 11.9. The third-order valence-electron chi connectivity index (χ3n) is 3.13. The summed E-state index contributed by atoms with van der Waals surface area (Å²) in [5.41, 5.74) is 1.08. The van der Waals surface area contributed by atoms with Crippen molar-refractivity contribution in [2.45, 2.75) is 26.3 Å². The number of ether oxygens (including phenoxy) is 2. The van der Waals surface area contributed by atoms with Gasteiger partial charge in [-0.15, -0.1) is 0 Å². The molecule has 1 aromatic rings. The van der Waals surface area contributed by atoms with E-state index < -0.39 is 10.8 Å². The Morgan fingerprint density at radius 3 is 2.45 bits per heavy atom. The van der Waals surface area contributed by atoms with Crippen molar-refractivity contribution in [3.63, 3.8) is 0 Å². The minimum Gasteiger partial charge on any atom is -0.493 e. The van der Waals surface area contributed by atoms with Crippen molar-refractivity contribution < 1.29 is 13.7 Å². The average molecular weight is 299 g/mol. The predicted molar refractivity (Wildman–Crippen MR) is 84.1 cm³/mol. The lowest BCUT2D eigenvalue weighted by atomic mass is 10.1. The van der Waals surface area contributed by atoms with Crippen molar-refractivity contribution >= 4 is 10.8 Å². The van der Waals surface area contributed by atoms with Crippen LogP contribution in [0.2, 0.25) is 0 Å². The van der Waals surface area contributed by atoms with E-state index in [1.165, 1.54) is 0 Å². The van der Waals surface area contributed by atoms with Gasteiger partial charge in [0.15, 0.2) is 11.5 Å². The number of benzene rings is 1. The molecule has 114 valence electrons. The fraction of sp³-hybridized carbons (Fsp3) is 0.600. The number of rotatable bonds is 9. The van der Waals surface area contributed by atoms with Gasteiger partial charge < -0.3 is 14.8 Å². The molecule has 2 atom stereocenters. The quantitative estimate of drug-likeness (QED) is 0.761. The molecule has 0 aliphatic rings. The summed E-state index contributed by atoms with van der Waals surface area (Å²) < 4.78 is 22.4. The van der Waals surface area contributed by atoms with Crippen LogP contribution in [0.15, 0.2) is 18.2 Å². The van der Waals surface area contributed by atoms with Crippen LogP contribution in [0, 0.1) is 0 Å². The van der Waals surface area contributed by atoms with Gasteiger partial charge in [-0.2, -0.15) is 0 Å². The van der Waals surface area contributed by atoms with E-state index in [0.29, 0.717) is 23.0 Å². The molecule has 2 unspecified atom stereocenters. The Morgan fingerprint density at radius 1 is 1.20 bits per heavy atom. The first-order valence-corrected chi connectivity index (χ1v) is 8.45. The van der Waals surface area contributed by atoms with E-state index in [-0.39, 0.29) is 6.04 Å². The molecule has 0 aromatic heterocycles. The molecule has 20 heavy (non-hydrogen) atoms. The van der Waals surface area contributed by atoms with E-state index >= 15 is 0 Å². The van der Waals surface area contributed by atoms with Crippen molar-refractivity contribution in [3.05, 3.63) is 23.8 Å². The molecule has 0 aliphatic heterocycles. The maximum absolute atomic E-state index is 11.9. The zero-order valence-corrected chi connectivity index (χ0v) is 13.6. The Balaban J connectivity index is 2.96. The highest BCUT2D eigenvalue weighted by Gasteiger charge is 2.16. The summed E-state index contributed by atoms with van der Waals surface area (Å²) in [6.45, 7) is 4.97. The molecule has 1 N–H and O–H groups in total. The predicted octanol–water partition coefficient (Wildman–Crippen LogP) is 2.51. The minimum absolute atomic E-state index is 0.0792. The van der Waals surface area contributed by atoms with Gasteiger partial charge in [0.1, 0.15) is 0 Å². The lowest BCUT2D eigenvalue weighted by molar-refractivity contribution is 0.354. The van der Waals surface area contributed by atoms with Gasteiger partial charge in [-0.25, -0.2) is 0 Å². The fourth-order valence-corrected chi connectivity index (χ4v) is 2.88. The van der Waals surface area contributed by atoms with Crippen molar-refractivity contribution in [1.29, 1.82) is 0 Å². The molecule has 4 nitrogen and oxygen atoms in total. The summed E-state index contributed by atoms with van der Waals surface area (Å²) in [7, 11) is 2.44. The van der Waals surface area contributed by atoms with Gasteiger partial charge in [-0.3, -0.25) is 4.21 Å². The highest BCUT2D eigenvalue weighted by Crippen LogP contribution is 2.30. The summed E-state index contributed by atoms with van der Waals surface area (Å²) in [6.07, 6.45) is 1.04. The highest BCUT2D eigenvalue weighted by atomic mass is 32.2. The van der Waals surface area contributed by atoms with Gasteiger partial charge in [-0.05, 0) is 30.7 Å². The third kappa shape index (κ3) is 4.80. The maximum Gasteiger partial charge on any atom is 0.161 e. The van der Waals surface area contributed by atoms with Gasteiger partial charge in [0.2, 0.25) is 0 Å². The van der Waals surface area contributed by atoms with E-state index in [9.17, 15) is 4.21 Å². The van der Waals surface area contributed by atoms with Gasteiger partial charge in [-0.1, -0.05) is 19.9 Å². The van der Waals surface area contributed by atoms with Crippen LogP contribution >= 0.6 is 0 Å². The molecular formula is C15H25NO3S. The Hall–Kier alpha value is -1.07. The summed E-state index contributed by atoms with van der Waals surface area (Å²) in [5.74, 6) is 2.71. The molecule has 0 aliphatic carbocycles. The van der Waals surface area contributed by atoms with Gasteiger partial charge in [0.05, 0.1) is 14.2 Å². The van der Waals surface area contributed by atoms with Gasteiger partial charge in [0.25, 0.3) is 0 Å². The first-order chi connectivity index (χ1) is 9.65. The summed E-state index contributed by atoms with van der Waals surface area (Å²) in [5, 5.41) is 3.45. The van der Waals surface area contributed by atoms with Crippen LogP contribution in [0.5, 0.6) is 11.5 Å². The number of hydrogen-bond acceptors (Lipinski definition) is 4. The summed E-state index contributed by atoms with van der Waals surface area (Å²) in [4.78, 5) is 0. The zero-order valence-electron chi connectivity index (χ0n) is 12.8. The Kier molecular flexibility index (Phi) is 7.62. The van der Waals surface area contributed by atoms with Crippen molar-refractivity contribution in [2.75, 3.05) is 32.3 Å². The smallest absolute Gasteiger partial charge is 0.161 e.